The van der Waals surface area contributed by atoms with Gasteiger partial charge in [0.25, 0.3) is 0 Å². The van der Waals surface area contributed by atoms with Crippen LogP contribution in [0.1, 0.15) is 110 Å². The first-order valence-electron chi connectivity index (χ1n) is 26.9. The summed E-state index contributed by atoms with van der Waals surface area (Å²) in [7, 11) is 0. The minimum Gasteiger partial charge on any atom is -0.480 e. The van der Waals surface area contributed by atoms with Crippen LogP contribution in [0.3, 0.4) is 0 Å². The van der Waals surface area contributed by atoms with E-state index in [9.17, 15) is 48.6 Å². The Labute approximate surface area is 450 Å². The molecule has 0 radical (unpaired) electrons. The van der Waals surface area contributed by atoms with Gasteiger partial charge in [-0.15, -0.1) is 0 Å². The summed E-state index contributed by atoms with van der Waals surface area (Å²) in [5, 5.41) is 40.7. The second-order valence-electron chi connectivity index (χ2n) is 21.1. The first-order valence-corrected chi connectivity index (χ1v) is 26.9. The van der Waals surface area contributed by atoms with Crippen molar-refractivity contribution < 1.29 is 48.6 Å². The number of fused-ring (bicyclic) bond motifs is 2. The summed E-state index contributed by atoms with van der Waals surface area (Å²) in [5.74, 6) is -6.87. The topological polar surface area (TPSA) is 371 Å². The van der Waals surface area contributed by atoms with Gasteiger partial charge in [-0.25, -0.2) is 4.79 Å². The molecule has 0 fully saturated rings. The molecule has 2 aromatic carbocycles. The maximum Gasteiger partial charge on any atom is 0.326 e. The maximum absolute atomic E-state index is 14.8. The van der Waals surface area contributed by atoms with Crippen molar-refractivity contribution >= 4 is 69.1 Å². The predicted molar refractivity (Wildman–Crippen MR) is 294 cm³/mol. The number of carboxylic acids is 1. The molecule has 0 aliphatic rings. The quantitative estimate of drug-likeness (QED) is 0.0296. The number of amides is 7. The summed E-state index contributed by atoms with van der Waals surface area (Å²) < 4.78 is 0. The van der Waals surface area contributed by atoms with Gasteiger partial charge in [0.1, 0.15) is 42.3 Å². The molecule has 17 N–H and O–H groups in total. The molecule has 77 heavy (non-hydrogen) atoms. The number of aliphatic hydroxyl groups excluding tert-OH is 1. The number of carboxylic acid groups (broad SMARTS) is 1. The fourth-order valence-corrected chi connectivity index (χ4v) is 9.07. The summed E-state index contributed by atoms with van der Waals surface area (Å²) in [6.07, 6.45) is 6.17. The molecule has 424 valence electrons. The van der Waals surface area contributed by atoms with Gasteiger partial charge in [-0.3, -0.25) is 33.6 Å². The Morgan fingerprint density at radius 2 is 0.818 bits per heavy atom. The maximum atomic E-state index is 14.8. The highest BCUT2D eigenvalue weighted by Gasteiger charge is 2.36. The zero-order valence-corrected chi connectivity index (χ0v) is 45.4. The normalized spacial score (nSPS) is 14.7. The van der Waals surface area contributed by atoms with Gasteiger partial charge in [-0.05, 0) is 105 Å². The molecule has 0 saturated carbocycles. The number of aromatic amines is 2. The molecule has 22 nitrogen and oxygen atoms in total. The van der Waals surface area contributed by atoms with E-state index in [2.05, 4.69) is 47.2 Å². The molecule has 2 heterocycles. The molecule has 0 aliphatic heterocycles. The van der Waals surface area contributed by atoms with Crippen molar-refractivity contribution in [3.05, 3.63) is 72.1 Å². The van der Waals surface area contributed by atoms with Crippen LogP contribution in [0, 0.1) is 17.8 Å². The van der Waals surface area contributed by atoms with E-state index in [1.54, 1.807) is 12.4 Å². The van der Waals surface area contributed by atoms with Crippen LogP contribution in [0.4, 0.5) is 0 Å². The minimum atomic E-state index is -1.45. The number of para-hydroxylation sites is 2. The van der Waals surface area contributed by atoms with Crippen molar-refractivity contribution in [2.24, 2.45) is 35.0 Å². The summed E-state index contributed by atoms with van der Waals surface area (Å²) in [5.41, 5.74) is 20.2. The molecule has 0 saturated heterocycles. The van der Waals surface area contributed by atoms with Crippen molar-refractivity contribution in [2.45, 2.75) is 161 Å². The lowest BCUT2D eigenvalue weighted by Gasteiger charge is -2.29. The van der Waals surface area contributed by atoms with Crippen LogP contribution in [-0.4, -0.2) is 136 Å². The molecular formula is C55H84N12O10. The van der Waals surface area contributed by atoms with Gasteiger partial charge in [-0.1, -0.05) is 84.4 Å². The van der Waals surface area contributed by atoms with E-state index < -0.39 is 102 Å². The van der Waals surface area contributed by atoms with Crippen LogP contribution in [0.5, 0.6) is 0 Å². The number of hydrogen-bond donors (Lipinski definition) is 14. The second kappa shape index (κ2) is 31.4. The molecule has 2 aromatic heterocycles. The van der Waals surface area contributed by atoms with Crippen LogP contribution in [0.2, 0.25) is 0 Å². The summed E-state index contributed by atoms with van der Waals surface area (Å²) in [6, 6.07) is 4.75. The molecule has 7 amide bonds. The average Bonchev–Trinajstić information content (AvgIpc) is 4.00. The SMILES string of the molecule is CC(C)C[C@@H](NC(=O)[C@H](Cc1c[nH]c2ccccc12)NC(=O)[C@@H](CC(C)C)NC(=O)[C@H](Cc1c[nH]c2ccccc12)NC(=O)[C@@H](CC(C)C)NC(=O)[C@H](CCCCN)NC(=O)[C@@H](CO)NC(=O)[C@@H](N)CCCCN)C(=O)O. The molecular weight excluding hydrogens is 989 g/mol. The number of benzene rings is 2. The van der Waals surface area contributed by atoms with Gasteiger partial charge >= 0.3 is 5.97 Å². The second-order valence-corrected chi connectivity index (χ2v) is 21.1. The zero-order chi connectivity index (χ0) is 56.8. The van der Waals surface area contributed by atoms with Gasteiger partial charge < -0.3 is 74.6 Å². The van der Waals surface area contributed by atoms with Crippen molar-refractivity contribution in [3.63, 3.8) is 0 Å². The van der Waals surface area contributed by atoms with Crippen LogP contribution < -0.4 is 54.4 Å². The van der Waals surface area contributed by atoms with E-state index in [0.717, 1.165) is 21.8 Å². The Kier molecular flexibility index (Phi) is 25.5. The largest absolute Gasteiger partial charge is 0.480 e. The third-order valence-electron chi connectivity index (χ3n) is 13.2. The molecule has 0 spiro atoms. The lowest BCUT2D eigenvalue weighted by Crippen LogP contribution is -2.61. The number of carbonyl (C=O) groups excluding carboxylic acids is 7. The number of carbonyl (C=O) groups is 8. The summed E-state index contributed by atoms with van der Waals surface area (Å²) in [4.78, 5) is 118. The smallest absolute Gasteiger partial charge is 0.326 e. The molecule has 8 atom stereocenters. The van der Waals surface area contributed by atoms with E-state index in [4.69, 9.17) is 17.2 Å². The predicted octanol–water partition coefficient (Wildman–Crippen LogP) is 1.63. The molecule has 4 rings (SSSR count). The number of unbranched alkanes of at least 4 members (excludes halogenated alkanes) is 2. The van der Waals surface area contributed by atoms with E-state index in [1.807, 2.05) is 90.1 Å². The first kappa shape index (κ1) is 62.7. The van der Waals surface area contributed by atoms with Crippen molar-refractivity contribution in [1.29, 1.82) is 0 Å². The van der Waals surface area contributed by atoms with E-state index >= 15 is 0 Å². The van der Waals surface area contributed by atoms with E-state index in [1.165, 1.54) is 0 Å². The zero-order valence-electron chi connectivity index (χ0n) is 45.4. The van der Waals surface area contributed by atoms with E-state index in [-0.39, 0.29) is 56.3 Å². The lowest BCUT2D eigenvalue weighted by atomic mass is 9.98. The molecule has 4 aromatic rings. The number of nitrogens with two attached hydrogens (primary N) is 3. The Morgan fingerprint density at radius 1 is 0.468 bits per heavy atom. The lowest BCUT2D eigenvalue weighted by molar-refractivity contribution is -0.142. The minimum absolute atomic E-state index is 0.0268. The van der Waals surface area contributed by atoms with Gasteiger partial charge in [0, 0.05) is 47.0 Å². The van der Waals surface area contributed by atoms with Gasteiger partial charge in [0.05, 0.1) is 12.6 Å². The Hall–Kier alpha value is -6.88. The number of rotatable bonds is 34. The Balaban J connectivity index is 1.64. The Morgan fingerprint density at radius 3 is 1.25 bits per heavy atom. The van der Waals surface area contributed by atoms with Crippen LogP contribution in [0.25, 0.3) is 21.8 Å². The summed E-state index contributed by atoms with van der Waals surface area (Å²) in [6.45, 7) is 11.0. The van der Waals surface area contributed by atoms with E-state index in [0.29, 0.717) is 56.3 Å². The monoisotopic (exact) mass is 1070 g/mol. The van der Waals surface area contributed by atoms with Crippen LogP contribution >= 0.6 is 0 Å². The number of H-pyrrole nitrogens is 2. The Bertz CT molecular complexity index is 2580. The third kappa shape index (κ3) is 19.9. The van der Waals surface area contributed by atoms with Crippen LogP contribution in [-0.2, 0) is 51.2 Å². The van der Waals surface area contributed by atoms with Crippen molar-refractivity contribution in [3.8, 4) is 0 Å². The highest BCUT2D eigenvalue weighted by atomic mass is 16.4. The standard InChI is InChI=1S/C55H84N12O10/c1-31(2)23-42(62-49(70)41(20-12-14-22-57)61-54(75)47(30-68)67-48(69)38(58)17-11-13-21-56)50(71)64-44(26-34-28-59-39-18-9-7-15-36(34)39)52(73)63-43(24-32(3)4)51(72)65-45(53(74)66-46(55(76)77)25-33(5)6)27-35-29-60-40-19-10-8-16-37(35)40/h7-10,15-16,18-19,28-29,31-33,38,41-47,59-60,68H,11-14,17,20-27,30,56-58H2,1-6H3,(H,61,75)(H,62,70)(H,63,73)(H,64,71)(H,65,72)(H,66,74)(H,67,69)(H,76,77)/t38-,41-,42+,43+,44-,45-,46+,47+/m0/s1. The molecule has 0 unspecified atom stereocenters. The van der Waals surface area contributed by atoms with Gasteiger partial charge in [0.15, 0.2) is 0 Å². The third-order valence-corrected chi connectivity index (χ3v) is 13.2. The molecule has 0 bridgehead atoms. The fourth-order valence-electron chi connectivity index (χ4n) is 9.07. The number of aliphatic hydroxyl groups is 1. The van der Waals surface area contributed by atoms with Crippen molar-refractivity contribution in [1.82, 2.24) is 47.2 Å². The number of aromatic nitrogens is 2. The van der Waals surface area contributed by atoms with Crippen molar-refractivity contribution in [2.75, 3.05) is 19.7 Å². The van der Waals surface area contributed by atoms with Crippen LogP contribution in [0.15, 0.2) is 60.9 Å². The number of hydrogen-bond acceptors (Lipinski definition) is 12. The van der Waals surface area contributed by atoms with Gasteiger partial charge in [-0.2, -0.15) is 0 Å². The molecule has 22 heteroatoms. The first-order chi connectivity index (χ1) is 36.6. The summed E-state index contributed by atoms with van der Waals surface area (Å²) >= 11 is 0. The number of aliphatic carboxylic acids is 1. The molecule has 0 aliphatic carbocycles. The fraction of sp³-hybridized carbons (Fsp3) is 0.564. The van der Waals surface area contributed by atoms with Gasteiger partial charge in [0.2, 0.25) is 41.4 Å². The number of nitrogens with one attached hydrogen (secondary N) is 9. The highest BCUT2D eigenvalue weighted by molar-refractivity contribution is 5.98. The highest BCUT2D eigenvalue weighted by Crippen LogP contribution is 2.22. The average molecular weight is 1070 g/mol.